The molecule has 4 N–H and O–H groups in total. The number of hydrogen-bond acceptors (Lipinski definition) is 5. The summed E-state index contributed by atoms with van der Waals surface area (Å²) in [5.41, 5.74) is -4.74. The van der Waals surface area contributed by atoms with Crippen LogP contribution in [0.2, 0.25) is 0 Å². The zero-order valence-electron chi connectivity index (χ0n) is 10.3. The first kappa shape index (κ1) is 17.6. The van der Waals surface area contributed by atoms with Gasteiger partial charge in [0.05, 0.1) is 10.5 Å². The normalized spacial score (nSPS) is 12.2. The van der Waals surface area contributed by atoms with Gasteiger partial charge in [-0.25, -0.2) is 18.4 Å². The minimum atomic E-state index is -4.37. The lowest BCUT2D eigenvalue weighted by Gasteiger charge is -2.11. The van der Waals surface area contributed by atoms with E-state index in [0.29, 0.717) is 0 Å². The van der Waals surface area contributed by atoms with E-state index in [4.69, 9.17) is 10.2 Å². The summed E-state index contributed by atoms with van der Waals surface area (Å²) in [6, 6.07) is 3.05. The predicted octanol–water partition coefficient (Wildman–Crippen LogP) is 1.70. The molecule has 0 unspecified atom stereocenters. The zero-order valence-corrected chi connectivity index (χ0v) is 12.0. The van der Waals surface area contributed by atoms with Crippen LogP contribution in [0.3, 0.4) is 0 Å². The number of thioether (sulfide) groups is 1. The molecule has 0 fully saturated rings. The van der Waals surface area contributed by atoms with Crippen LogP contribution < -0.4 is 10.5 Å². The van der Waals surface area contributed by atoms with E-state index in [9.17, 15) is 26.4 Å². The Kier molecular flexibility index (Phi) is 5.48. The van der Waals surface area contributed by atoms with Crippen LogP contribution in [0.4, 0.5) is 18.9 Å². The highest BCUT2D eigenvalue weighted by Crippen LogP contribution is 2.29. The van der Waals surface area contributed by atoms with Crippen molar-refractivity contribution in [1.29, 1.82) is 0 Å². The molecule has 0 radical (unpaired) electrons. The lowest BCUT2D eigenvalue weighted by Crippen LogP contribution is -2.15. The Hall–Kier alpha value is -1.46. The van der Waals surface area contributed by atoms with Crippen molar-refractivity contribution in [1.82, 2.24) is 0 Å². The number of primary sulfonamides is 1. The van der Waals surface area contributed by atoms with Gasteiger partial charge in [-0.1, -0.05) is 0 Å². The zero-order chi connectivity index (χ0) is 16.3. The molecule has 6 nitrogen and oxygen atoms in total. The van der Waals surface area contributed by atoms with Crippen LogP contribution >= 0.6 is 11.8 Å². The van der Waals surface area contributed by atoms with Crippen LogP contribution in [0.15, 0.2) is 23.1 Å². The Bertz CT molecular complexity index is 632. The summed E-state index contributed by atoms with van der Waals surface area (Å²) in [7, 11) is -4.06. The molecule has 21 heavy (non-hydrogen) atoms. The molecule has 0 amide bonds. The summed E-state index contributed by atoms with van der Waals surface area (Å²) in [5.74, 6) is -1.74. The molecule has 0 bridgehead atoms. The van der Waals surface area contributed by atoms with Crippen LogP contribution in [0.5, 0.6) is 0 Å². The topological polar surface area (TPSA) is 109 Å². The van der Waals surface area contributed by atoms with E-state index in [1.165, 1.54) is 0 Å². The first-order valence-electron chi connectivity index (χ1n) is 5.35. The van der Waals surface area contributed by atoms with Gasteiger partial charge in [-0.15, -0.1) is 0 Å². The number of rotatable bonds is 6. The van der Waals surface area contributed by atoms with Gasteiger partial charge in [-0.05, 0) is 30.0 Å². The fourth-order valence-electron chi connectivity index (χ4n) is 1.38. The van der Waals surface area contributed by atoms with E-state index >= 15 is 0 Å². The molecular formula is C10H11F3N2O4S2. The standard InChI is InChI=1S/C10H11F3N2O4S2/c11-10(12,13)20-4-3-15-8-2-1-6(21(14,18)19)5-7(8)9(16)17/h1-2,5,15H,3-4H2,(H,16,17)(H2,14,18,19). The SMILES string of the molecule is NS(=O)(=O)c1ccc(NCCSC(F)(F)F)c(C(=O)O)c1. The monoisotopic (exact) mass is 344 g/mol. The largest absolute Gasteiger partial charge is 0.478 e. The lowest BCUT2D eigenvalue weighted by molar-refractivity contribution is -0.0327. The van der Waals surface area contributed by atoms with E-state index < -0.39 is 32.0 Å². The number of nitrogens with one attached hydrogen (secondary N) is 1. The van der Waals surface area contributed by atoms with Crippen molar-refractivity contribution < 1.29 is 31.5 Å². The van der Waals surface area contributed by atoms with Crippen LogP contribution in [-0.2, 0) is 10.0 Å². The summed E-state index contributed by atoms with van der Waals surface area (Å²) in [5, 5.41) is 16.4. The maximum atomic E-state index is 11.9. The number of benzene rings is 1. The molecule has 0 heterocycles. The average Bonchev–Trinajstić information content (AvgIpc) is 2.32. The maximum absolute atomic E-state index is 11.9. The molecule has 11 heteroatoms. The third-order valence-corrected chi connectivity index (χ3v) is 3.88. The van der Waals surface area contributed by atoms with E-state index in [-0.39, 0.29) is 29.7 Å². The van der Waals surface area contributed by atoms with E-state index in [2.05, 4.69) is 5.32 Å². The predicted molar refractivity (Wildman–Crippen MR) is 71.8 cm³/mol. The van der Waals surface area contributed by atoms with E-state index in [0.717, 1.165) is 18.2 Å². The van der Waals surface area contributed by atoms with Gasteiger partial charge in [-0.3, -0.25) is 0 Å². The number of alkyl halides is 3. The highest BCUT2D eigenvalue weighted by Gasteiger charge is 2.27. The number of halogens is 3. The van der Waals surface area contributed by atoms with Crippen molar-refractivity contribution in [3.8, 4) is 0 Å². The maximum Gasteiger partial charge on any atom is 0.441 e. The molecule has 0 spiro atoms. The Labute approximate surface area is 122 Å². The number of carbonyl (C=O) groups is 1. The van der Waals surface area contributed by atoms with Crippen LogP contribution in [0.1, 0.15) is 10.4 Å². The van der Waals surface area contributed by atoms with Gasteiger partial charge in [0, 0.05) is 18.0 Å². The fourth-order valence-corrected chi connectivity index (χ4v) is 2.36. The molecule has 0 aliphatic rings. The van der Waals surface area contributed by atoms with Gasteiger partial charge in [0.1, 0.15) is 0 Å². The Morgan fingerprint density at radius 3 is 2.48 bits per heavy atom. The second kappa shape index (κ2) is 6.54. The minimum Gasteiger partial charge on any atom is -0.478 e. The molecule has 0 saturated heterocycles. The fraction of sp³-hybridized carbons (Fsp3) is 0.300. The number of aromatic carboxylic acids is 1. The second-order valence-corrected chi connectivity index (χ2v) is 6.50. The highest BCUT2D eigenvalue weighted by atomic mass is 32.2. The highest BCUT2D eigenvalue weighted by molar-refractivity contribution is 8.00. The summed E-state index contributed by atoms with van der Waals surface area (Å²) in [6.07, 6.45) is 0. The van der Waals surface area contributed by atoms with Gasteiger partial charge in [-0.2, -0.15) is 13.2 Å². The number of carboxylic acid groups (broad SMARTS) is 1. The summed E-state index contributed by atoms with van der Waals surface area (Å²) in [6.45, 7) is -0.140. The molecule has 1 aromatic rings. The van der Waals surface area contributed by atoms with Crippen LogP contribution in [0, 0.1) is 0 Å². The molecular weight excluding hydrogens is 333 g/mol. The number of hydrogen-bond donors (Lipinski definition) is 3. The first-order chi connectivity index (χ1) is 9.50. The van der Waals surface area contributed by atoms with Crippen LogP contribution in [-0.4, -0.2) is 37.3 Å². The van der Waals surface area contributed by atoms with Crippen molar-refractivity contribution in [3.05, 3.63) is 23.8 Å². The Balaban J connectivity index is 2.86. The quantitative estimate of drug-likeness (QED) is 0.678. The Morgan fingerprint density at radius 2 is 2.00 bits per heavy atom. The molecule has 1 aromatic carbocycles. The van der Waals surface area contributed by atoms with Gasteiger partial charge < -0.3 is 10.4 Å². The third kappa shape index (κ3) is 5.81. The molecule has 118 valence electrons. The average molecular weight is 344 g/mol. The summed E-state index contributed by atoms with van der Waals surface area (Å²) < 4.78 is 58.1. The van der Waals surface area contributed by atoms with Crippen molar-refractivity contribution in [3.63, 3.8) is 0 Å². The smallest absolute Gasteiger partial charge is 0.441 e. The second-order valence-electron chi connectivity index (χ2n) is 3.78. The molecule has 0 aliphatic carbocycles. The van der Waals surface area contributed by atoms with Gasteiger partial charge in [0.15, 0.2) is 0 Å². The molecule has 0 aliphatic heterocycles. The number of sulfonamides is 1. The number of carboxylic acids is 1. The van der Waals surface area contributed by atoms with Gasteiger partial charge in [0.25, 0.3) is 0 Å². The summed E-state index contributed by atoms with van der Waals surface area (Å²) >= 11 is -0.251. The van der Waals surface area contributed by atoms with Crippen molar-refractivity contribution in [2.45, 2.75) is 10.4 Å². The number of anilines is 1. The van der Waals surface area contributed by atoms with Crippen molar-refractivity contribution in [2.75, 3.05) is 17.6 Å². The number of nitrogens with two attached hydrogens (primary N) is 1. The molecule has 0 saturated carbocycles. The molecule has 0 atom stereocenters. The first-order valence-corrected chi connectivity index (χ1v) is 7.88. The van der Waals surface area contributed by atoms with E-state index in [1.807, 2.05) is 0 Å². The third-order valence-electron chi connectivity index (χ3n) is 2.23. The molecule has 0 aromatic heterocycles. The lowest BCUT2D eigenvalue weighted by atomic mass is 10.2. The minimum absolute atomic E-state index is 0.0117. The Morgan fingerprint density at radius 1 is 1.38 bits per heavy atom. The van der Waals surface area contributed by atoms with Gasteiger partial charge >= 0.3 is 11.5 Å². The van der Waals surface area contributed by atoms with E-state index in [1.54, 1.807) is 0 Å². The van der Waals surface area contributed by atoms with Crippen molar-refractivity contribution >= 4 is 33.4 Å². The summed E-state index contributed by atoms with van der Waals surface area (Å²) in [4.78, 5) is 10.6. The van der Waals surface area contributed by atoms with Crippen molar-refractivity contribution in [2.24, 2.45) is 5.14 Å². The van der Waals surface area contributed by atoms with Gasteiger partial charge in [0.2, 0.25) is 10.0 Å². The van der Waals surface area contributed by atoms with Crippen LogP contribution in [0.25, 0.3) is 0 Å². The molecule has 1 rings (SSSR count).